The predicted molar refractivity (Wildman–Crippen MR) is 107 cm³/mol. The summed E-state index contributed by atoms with van der Waals surface area (Å²) in [6.45, 7) is 15.7. The third kappa shape index (κ3) is 7.93. The van der Waals surface area contributed by atoms with E-state index in [1.54, 1.807) is 0 Å². The highest BCUT2D eigenvalue weighted by Gasteiger charge is 2.22. The molecule has 1 saturated heterocycles. The minimum Gasteiger partial charge on any atom is -0.355 e. The zero-order valence-electron chi connectivity index (χ0n) is 14.5. The lowest BCUT2D eigenvalue weighted by molar-refractivity contribution is 0.164. The van der Waals surface area contributed by atoms with Gasteiger partial charge in [0.15, 0.2) is 5.96 Å². The van der Waals surface area contributed by atoms with E-state index >= 15 is 0 Å². The van der Waals surface area contributed by atoms with E-state index in [-0.39, 0.29) is 28.7 Å². The number of nitrogens with zero attached hydrogens (tertiary/aromatic N) is 3. The topological polar surface area (TPSA) is 30.9 Å². The number of aliphatic imine (C=N–C) groups is 1. The summed E-state index contributed by atoms with van der Waals surface area (Å²) in [5.41, 5.74) is 0. The second-order valence-corrected chi connectivity index (χ2v) is 8.06. The maximum Gasteiger partial charge on any atom is 0.193 e. The number of nitrogens with one attached hydrogen (secondary N) is 1. The van der Waals surface area contributed by atoms with Crippen LogP contribution in [0.1, 0.15) is 27.7 Å². The molecule has 1 aliphatic rings. The van der Waals surface area contributed by atoms with Crippen molar-refractivity contribution in [2.24, 2.45) is 10.9 Å². The van der Waals surface area contributed by atoms with Crippen LogP contribution in [0.2, 0.25) is 0 Å². The average molecular weight is 428 g/mol. The van der Waals surface area contributed by atoms with Crippen molar-refractivity contribution in [3.8, 4) is 0 Å². The van der Waals surface area contributed by atoms with Gasteiger partial charge in [-0.3, -0.25) is 9.89 Å². The Balaban J connectivity index is 0.00000400. The van der Waals surface area contributed by atoms with Crippen LogP contribution in [-0.2, 0) is 0 Å². The van der Waals surface area contributed by atoms with Gasteiger partial charge in [-0.2, -0.15) is 11.8 Å². The van der Waals surface area contributed by atoms with Crippen molar-refractivity contribution < 1.29 is 0 Å². The summed E-state index contributed by atoms with van der Waals surface area (Å²) in [7, 11) is 1.88. The van der Waals surface area contributed by atoms with Gasteiger partial charge in [-0.25, -0.2) is 0 Å². The molecule has 1 rings (SSSR count). The van der Waals surface area contributed by atoms with Crippen LogP contribution in [0.5, 0.6) is 0 Å². The molecule has 0 aromatic carbocycles. The fraction of sp³-hybridized carbons (Fsp3) is 0.933. The van der Waals surface area contributed by atoms with Gasteiger partial charge < -0.3 is 10.2 Å². The van der Waals surface area contributed by atoms with E-state index in [9.17, 15) is 0 Å². The Morgan fingerprint density at radius 1 is 1.24 bits per heavy atom. The Labute approximate surface area is 152 Å². The molecular formula is C15H33IN4S. The Morgan fingerprint density at radius 2 is 1.81 bits per heavy atom. The molecule has 0 unspecified atom stereocenters. The summed E-state index contributed by atoms with van der Waals surface area (Å²) < 4.78 is 0.245. The normalized spacial score (nSPS) is 17.9. The number of piperazine rings is 1. The number of guanidine groups is 1. The first-order valence-corrected chi connectivity index (χ1v) is 8.83. The molecule has 0 saturated carbocycles. The molecule has 0 spiro atoms. The molecule has 0 atom stereocenters. The van der Waals surface area contributed by atoms with Crippen LogP contribution < -0.4 is 5.32 Å². The highest BCUT2D eigenvalue weighted by Crippen LogP contribution is 2.19. The van der Waals surface area contributed by atoms with E-state index in [1.165, 1.54) is 6.54 Å². The van der Waals surface area contributed by atoms with Gasteiger partial charge in [0, 0.05) is 51.1 Å². The van der Waals surface area contributed by atoms with Crippen LogP contribution >= 0.6 is 35.7 Å². The zero-order chi connectivity index (χ0) is 15.2. The maximum absolute atomic E-state index is 4.44. The van der Waals surface area contributed by atoms with Crippen LogP contribution in [0.4, 0.5) is 0 Å². The second-order valence-electron chi connectivity index (χ2n) is 6.55. The van der Waals surface area contributed by atoms with Gasteiger partial charge in [-0.1, -0.05) is 13.8 Å². The molecule has 0 aliphatic carbocycles. The number of hydrogen-bond donors (Lipinski definition) is 1. The van der Waals surface area contributed by atoms with Crippen LogP contribution in [0.25, 0.3) is 0 Å². The van der Waals surface area contributed by atoms with Gasteiger partial charge in [0.05, 0.1) is 0 Å². The quantitative estimate of drug-likeness (QED) is 0.415. The molecule has 0 aromatic rings. The molecule has 1 fully saturated rings. The van der Waals surface area contributed by atoms with Crippen molar-refractivity contribution in [1.29, 1.82) is 0 Å². The van der Waals surface area contributed by atoms with Gasteiger partial charge >= 0.3 is 0 Å². The van der Waals surface area contributed by atoms with E-state index in [4.69, 9.17) is 0 Å². The number of thioether (sulfide) groups is 1. The Hall–Kier alpha value is 0.310. The van der Waals surface area contributed by atoms with Crippen molar-refractivity contribution in [2.45, 2.75) is 32.4 Å². The SMILES string of the molecule is CN=C(NCC(C)(C)SC)N1CCN(CC(C)C)CC1.I. The minimum atomic E-state index is 0. The standard InChI is InChI=1S/C15H32N4S.HI/c1-13(2)11-18-7-9-19(10-8-18)14(16-5)17-12-15(3,4)20-6;/h13H,7-12H2,1-6H3,(H,16,17);1H. The van der Waals surface area contributed by atoms with Gasteiger partial charge in [-0.15, -0.1) is 24.0 Å². The molecule has 0 bridgehead atoms. The van der Waals surface area contributed by atoms with Crippen molar-refractivity contribution in [2.75, 3.05) is 52.6 Å². The molecule has 0 aromatic heterocycles. The van der Waals surface area contributed by atoms with Crippen LogP contribution in [0, 0.1) is 5.92 Å². The lowest BCUT2D eigenvalue weighted by Gasteiger charge is -2.38. The van der Waals surface area contributed by atoms with Crippen molar-refractivity contribution in [1.82, 2.24) is 15.1 Å². The van der Waals surface area contributed by atoms with Crippen LogP contribution in [0.15, 0.2) is 4.99 Å². The highest BCUT2D eigenvalue weighted by atomic mass is 127. The zero-order valence-corrected chi connectivity index (χ0v) is 17.6. The predicted octanol–water partition coefficient (Wildman–Crippen LogP) is 2.60. The lowest BCUT2D eigenvalue weighted by atomic mass is 10.2. The minimum absolute atomic E-state index is 0. The van der Waals surface area contributed by atoms with Gasteiger partial charge in [0.25, 0.3) is 0 Å². The summed E-state index contributed by atoms with van der Waals surface area (Å²) in [6.07, 6.45) is 2.16. The van der Waals surface area contributed by atoms with Crippen LogP contribution in [-0.4, -0.2) is 73.1 Å². The number of halogens is 1. The summed E-state index contributed by atoms with van der Waals surface area (Å²) in [6, 6.07) is 0. The fourth-order valence-corrected chi connectivity index (χ4v) is 2.57. The third-order valence-corrected chi connectivity index (χ3v) is 4.98. The van der Waals surface area contributed by atoms with E-state index in [2.05, 4.69) is 54.1 Å². The first kappa shape index (κ1) is 21.3. The molecule has 1 aliphatic heterocycles. The largest absolute Gasteiger partial charge is 0.355 e. The van der Waals surface area contributed by atoms with E-state index in [1.807, 2.05) is 18.8 Å². The van der Waals surface area contributed by atoms with Crippen molar-refractivity contribution in [3.63, 3.8) is 0 Å². The van der Waals surface area contributed by atoms with Crippen molar-refractivity contribution in [3.05, 3.63) is 0 Å². The molecule has 1 heterocycles. The summed E-state index contributed by atoms with van der Waals surface area (Å²) >= 11 is 1.89. The lowest BCUT2D eigenvalue weighted by Crippen LogP contribution is -2.54. The molecule has 4 nitrogen and oxygen atoms in total. The summed E-state index contributed by atoms with van der Waals surface area (Å²) in [5, 5.41) is 3.52. The van der Waals surface area contributed by atoms with Gasteiger partial charge in [0.1, 0.15) is 0 Å². The smallest absolute Gasteiger partial charge is 0.193 e. The molecule has 126 valence electrons. The third-order valence-electron chi connectivity index (χ3n) is 3.73. The molecule has 1 N–H and O–H groups in total. The Kier molecular flexibility index (Phi) is 10.3. The molecular weight excluding hydrogens is 395 g/mol. The fourth-order valence-electron chi connectivity index (χ4n) is 2.36. The number of rotatable bonds is 5. The first-order valence-electron chi connectivity index (χ1n) is 7.61. The van der Waals surface area contributed by atoms with E-state index in [0.29, 0.717) is 0 Å². The Morgan fingerprint density at radius 3 is 2.24 bits per heavy atom. The van der Waals surface area contributed by atoms with Gasteiger partial charge in [-0.05, 0) is 26.0 Å². The summed E-state index contributed by atoms with van der Waals surface area (Å²) in [5.74, 6) is 1.80. The van der Waals surface area contributed by atoms with E-state index < -0.39 is 0 Å². The monoisotopic (exact) mass is 428 g/mol. The average Bonchev–Trinajstić information content (AvgIpc) is 2.40. The summed E-state index contributed by atoms with van der Waals surface area (Å²) in [4.78, 5) is 9.38. The van der Waals surface area contributed by atoms with E-state index in [0.717, 1.165) is 44.6 Å². The molecule has 0 radical (unpaired) electrons. The highest BCUT2D eigenvalue weighted by molar-refractivity contribution is 14.0. The first-order chi connectivity index (χ1) is 9.38. The maximum atomic E-state index is 4.44. The molecule has 21 heavy (non-hydrogen) atoms. The van der Waals surface area contributed by atoms with Crippen molar-refractivity contribution >= 4 is 41.7 Å². The van der Waals surface area contributed by atoms with Gasteiger partial charge in [0.2, 0.25) is 0 Å². The van der Waals surface area contributed by atoms with Crippen LogP contribution in [0.3, 0.4) is 0 Å². The second kappa shape index (κ2) is 10.2. The molecule has 0 amide bonds. The Bertz CT molecular complexity index is 313. The molecule has 6 heteroatoms. The number of hydrogen-bond acceptors (Lipinski definition) is 3.